The Balaban J connectivity index is 1.30. The largest absolute Gasteiger partial charge is 0.456 e. The summed E-state index contributed by atoms with van der Waals surface area (Å²) in [6.45, 7) is 4.62. The fourth-order valence-electron chi connectivity index (χ4n) is 7.72. The van der Waals surface area contributed by atoms with Crippen LogP contribution in [0.3, 0.4) is 0 Å². The Bertz CT molecular complexity index is 2730. The first kappa shape index (κ1) is 26.2. The van der Waals surface area contributed by atoms with Crippen molar-refractivity contribution in [3.05, 3.63) is 145 Å². The molecule has 0 bridgehead atoms. The summed E-state index contributed by atoms with van der Waals surface area (Å²) in [4.78, 5) is 10.7. The number of hydrogen-bond donors (Lipinski definition) is 0. The summed E-state index contributed by atoms with van der Waals surface area (Å²) < 4.78 is 12.8. The van der Waals surface area contributed by atoms with E-state index in [0.717, 1.165) is 72.0 Å². The van der Waals surface area contributed by atoms with Crippen molar-refractivity contribution in [2.45, 2.75) is 19.3 Å². The molecule has 0 radical (unpaired) electrons. The number of rotatable bonds is 3. The van der Waals surface area contributed by atoms with Gasteiger partial charge < -0.3 is 8.83 Å². The van der Waals surface area contributed by atoms with E-state index in [1.165, 1.54) is 22.3 Å². The Kier molecular flexibility index (Phi) is 5.31. The smallest absolute Gasteiger partial charge is 0.161 e. The molecule has 0 unspecified atom stereocenters. The highest BCUT2D eigenvalue weighted by Crippen LogP contribution is 2.52. The second kappa shape index (κ2) is 9.51. The lowest BCUT2D eigenvalue weighted by atomic mass is 9.82. The fourth-order valence-corrected chi connectivity index (χ4v) is 7.72. The van der Waals surface area contributed by atoms with E-state index in [2.05, 4.69) is 105 Å². The maximum atomic E-state index is 6.52. The molecule has 0 spiro atoms. The Hall–Kier alpha value is -6.00. The molecule has 1 aliphatic rings. The van der Waals surface area contributed by atoms with Gasteiger partial charge in [-0.2, -0.15) is 0 Å². The van der Waals surface area contributed by atoms with Gasteiger partial charge in [0.15, 0.2) is 5.82 Å². The summed E-state index contributed by atoms with van der Waals surface area (Å²) in [5.41, 5.74) is 13.0. The van der Waals surface area contributed by atoms with Crippen LogP contribution in [0, 0.1) is 0 Å². The molecule has 3 heterocycles. The number of benzene rings is 6. The zero-order chi connectivity index (χ0) is 31.3. The van der Waals surface area contributed by atoms with E-state index in [1.54, 1.807) is 0 Å². The van der Waals surface area contributed by atoms with Gasteiger partial charge >= 0.3 is 0 Å². The van der Waals surface area contributed by atoms with Crippen molar-refractivity contribution in [1.29, 1.82) is 0 Å². The van der Waals surface area contributed by atoms with Gasteiger partial charge in [0, 0.05) is 43.7 Å². The second-order valence-electron chi connectivity index (χ2n) is 12.9. The maximum absolute atomic E-state index is 6.52. The third-order valence-electron chi connectivity index (χ3n) is 9.93. The molecule has 0 atom stereocenters. The first-order valence-electron chi connectivity index (χ1n) is 16.0. The second-order valence-corrected chi connectivity index (χ2v) is 12.9. The van der Waals surface area contributed by atoms with Crippen molar-refractivity contribution < 1.29 is 8.83 Å². The molecular formula is C43H28N2O2. The van der Waals surface area contributed by atoms with Crippen molar-refractivity contribution in [2.75, 3.05) is 0 Å². The van der Waals surface area contributed by atoms with Gasteiger partial charge in [-0.05, 0) is 52.6 Å². The molecule has 47 heavy (non-hydrogen) atoms. The highest BCUT2D eigenvalue weighted by Gasteiger charge is 2.37. The lowest BCUT2D eigenvalue weighted by Crippen LogP contribution is -2.14. The zero-order valence-electron chi connectivity index (χ0n) is 25.9. The van der Waals surface area contributed by atoms with Gasteiger partial charge in [-0.15, -0.1) is 0 Å². The fraction of sp³-hybridized carbons (Fsp3) is 0.0698. The molecule has 0 fully saturated rings. The lowest BCUT2D eigenvalue weighted by Gasteiger charge is -2.21. The molecule has 3 aromatic heterocycles. The summed E-state index contributed by atoms with van der Waals surface area (Å²) >= 11 is 0. The first-order chi connectivity index (χ1) is 23.1. The number of para-hydroxylation sites is 3. The Morgan fingerprint density at radius 1 is 0.468 bits per heavy atom. The molecule has 4 heteroatoms. The van der Waals surface area contributed by atoms with E-state index >= 15 is 0 Å². The van der Waals surface area contributed by atoms with Crippen molar-refractivity contribution in [1.82, 2.24) is 9.97 Å². The monoisotopic (exact) mass is 604 g/mol. The first-order valence-corrected chi connectivity index (χ1v) is 16.0. The van der Waals surface area contributed by atoms with Crippen LogP contribution >= 0.6 is 0 Å². The average molecular weight is 605 g/mol. The molecule has 1 aliphatic carbocycles. The molecule has 0 saturated carbocycles. The van der Waals surface area contributed by atoms with E-state index in [4.69, 9.17) is 18.8 Å². The SMILES string of the molecule is CC1(C)c2ccccc2-c2c(-c3cc(-c4cccc5c4oc4ccccc45)nc(-c4cccc5oc6ccccc6c45)n3)cccc21. The van der Waals surface area contributed by atoms with Gasteiger partial charge in [0.2, 0.25) is 0 Å². The Labute approximate surface area is 271 Å². The summed E-state index contributed by atoms with van der Waals surface area (Å²) in [5.74, 6) is 0.644. The van der Waals surface area contributed by atoms with E-state index in [1.807, 2.05) is 42.5 Å². The number of fused-ring (bicyclic) bond motifs is 9. The molecule has 0 amide bonds. The van der Waals surface area contributed by atoms with Crippen LogP contribution in [0.5, 0.6) is 0 Å². The van der Waals surface area contributed by atoms with Crippen LogP contribution in [0.25, 0.3) is 88.9 Å². The van der Waals surface area contributed by atoms with Crippen LogP contribution in [-0.2, 0) is 5.41 Å². The van der Waals surface area contributed by atoms with Crippen LogP contribution in [0.4, 0.5) is 0 Å². The van der Waals surface area contributed by atoms with Crippen LogP contribution in [-0.4, -0.2) is 9.97 Å². The Morgan fingerprint density at radius 2 is 1.04 bits per heavy atom. The lowest BCUT2D eigenvalue weighted by molar-refractivity contribution is 0.660. The van der Waals surface area contributed by atoms with Crippen molar-refractivity contribution in [2.24, 2.45) is 0 Å². The Morgan fingerprint density at radius 3 is 1.91 bits per heavy atom. The average Bonchev–Trinajstić information content (AvgIpc) is 3.76. The topological polar surface area (TPSA) is 52.1 Å². The van der Waals surface area contributed by atoms with Crippen LogP contribution in [0.1, 0.15) is 25.0 Å². The predicted molar refractivity (Wildman–Crippen MR) is 190 cm³/mol. The third kappa shape index (κ3) is 3.70. The van der Waals surface area contributed by atoms with Crippen molar-refractivity contribution >= 4 is 43.9 Å². The molecule has 222 valence electrons. The molecule has 0 aliphatic heterocycles. The molecular weight excluding hydrogens is 576 g/mol. The minimum atomic E-state index is -0.123. The quantitative estimate of drug-likeness (QED) is 0.201. The van der Waals surface area contributed by atoms with Gasteiger partial charge in [-0.3, -0.25) is 0 Å². The van der Waals surface area contributed by atoms with Crippen LogP contribution in [0.2, 0.25) is 0 Å². The van der Waals surface area contributed by atoms with E-state index < -0.39 is 0 Å². The van der Waals surface area contributed by atoms with E-state index in [0.29, 0.717) is 5.82 Å². The zero-order valence-corrected chi connectivity index (χ0v) is 25.9. The highest BCUT2D eigenvalue weighted by molar-refractivity contribution is 6.12. The van der Waals surface area contributed by atoms with Crippen LogP contribution < -0.4 is 0 Å². The molecule has 6 aromatic carbocycles. The summed E-state index contributed by atoms with van der Waals surface area (Å²) in [5, 5.41) is 4.22. The number of furan rings is 2. The van der Waals surface area contributed by atoms with Gasteiger partial charge in [-0.25, -0.2) is 9.97 Å². The molecule has 4 nitrogen and oxygen atoms in total. The number of aromatic nitrogens is 2. The molecule has 9 aromatic rings. The number of hydrogen-bond acceptors (Lipinski definition) is 4. The van der Waals surface area contributed by atoms with E-state index in [9.17, 15) is 0 Å². The van der Waals surface area contributed by atoms with E-state index in [-0.39, 0.29) is 5.41 Å². The van der Waals surface area contributed by atoms with Crippen molar-refractivity contribution in [3.63, 3.8) is 0 Å². The number of nitrogens with zero attached hydrogens (tertiary/aromatic N) is 2. The van der Waals surface area contributed by atoms with Gasteiger partial charge in [-0.1, -0.05) is 117 Å². The normalized spacial score (nSPS) is 13.5. The third-order valence-corrected chi connectivity index (χ3v) is 9.93. The van der Waals surface area contributed by atoms with Crippen LogP contribution in [0.15, 0.2) is 142 Å². The standard InChI is InChI=1S/C43H28N2O2/c1-43(2)32-19-6-3-13-27(32)39-28(16-10-20-33(39)43)34-24-35(29-17-9-15-26-25-12-4-7-21-36(25)47-41(26)29)45-42(44-34)31-18-11-23-38-40(31)30-14-5-8-22-37(30)46-38/h3-24H,1-2H3. The summed E-state index contributed by atoms with van der Waals surface area (Å²) in [6, 6.07) is 46.3. The van der Waals surface area contributed by atoms with Gasteiger partial charge in [0.1, 0.15) is 22.3 Å². The highest BCUT2D eigenvalue weighted by atomic mass is 16.3. The van der Waals surface area contributed by atoms with Gasteiger partial charge in [0.05, 0.1) is 11.4 Å². The maximum Gasteiger partial charge on any atom is 0.161 e. The van der Waals surface area contributed by atoms with Crippen molar-refractivity contribution in [3.8, 4) is 45.0 Å². The molecule has 10 rings (SSSR count). The predicted octanol–water partition coefficient (Wildman–Crippen LogP) is 11.6. The molecule has 0 saturated heterocycles. The summed E-state index contributed by atoms with van der Waals surface area (Å²) in [6.07, 6.45) is 0. The minimum absolute atomic E-state index is 0.123. The van der Waals surface area contributed by atoms with Gasteiger partial charge in [0.25, 0.3) is 0 Å². The molecule has 0 N–H and O–H groups in total. The minimum Gasteiger partial charge on any atom is -0.456 e. The summed E-state index contributed by atoms with van der Waals surface area (Å²) in [7, 11) is 0.